The number of carbonyl (C=O) groups is 2. The molecule has 2 amide bonds. The third-order valence-corrected chi connectivity index (χ3v) is 5.53. The molecule has 0 radical (unpaired) electrons. The molecule has 0 aromatic rings. The molecule has 3 fully saturated rings. The van der Waals surface area contributed by atoms with Crippen LogP contribution in [-0.2, 0) is 9.59 Å². The minimum Gasteiger partial charge on any atom is -0.329 e. The van der Waals surface area contributed by atoms with Gasteiger partial charge in [0.25, 0.3) is 0 Å². The number of nitrogens with zero attached hydrogens (tertiary/aromatic N) is 2. The number of hydrogen-bond donors (Lipinski definition) is 0. The van der Waals surface area contributed by atoms with E-state index in [0.717, 1.165) is 43.7 Å². The molecule has 0 spiro atoms. The minimum atomic E-state index is -0.199. The summed E-state index contributed by atoms with van der Waals surface area (Å²) in [6.07, 6.45) is 3.63. The molecule has 0 aromatic carbocycles. The third-order valence-electron chi connectivity index (χ3n) is 4.38. The summed E-state index contributed by atoms with van der Waals surface area (Å²) in [6, 6.07) is -0.0550. The molecule has 5 heteroatoms. The monoisotopic (exact) mass is 268 g/mol. The van der Waals surface area contributed by atoms with E-state index in [2.05, 4.69) is 0 Å². The number of hydrogen-bond acceptors (Lipinski definition) is 3. The first-order valence-corrected chi connectivity index (χ1v) is 8.10. The lowest BCUT2D eigenvalue weighted by molar-refractivity contribution is -0.161. The highest BCUT2D eigenvalue weighted by molar-refractivity contribution is 7.99. The van der Waals surface area contributed by atoms with E-state index in [-0.39, 0.29) is 23.9 Å². The van der Waals surface area contributed by atoms with Crippen LogP contribution in [0.3, 0.4) is 0 Å². The lowest BCUT2D eigenvalue weighted by Crippen LogP contribution is -2.65. The summed E-state index contributed by atoms with van der Waals surface area (Å²) in [5.41, 5.74) is 0. The van der Waals surface area contributed by atoms with Crippen LogP contribution in [0.5, 0.6) is 0 Å². The molecule has 100 valence electrons. The molecule has 4 nitrogen and oxygen atoms in total. The number of amides is 2. The average molecular weight is 268 g/mol. The third kappa shape index (κ3) is 1.75. The molecule has 3 aliphatic heterocycles. The predicted molar refractivity (Wildman–Crippen MR) is 71.4 cm³/mol. The van der Waals surface area contributed by atoms with Crippen LogP contribution in [0.15, 0.2) is 0 Å². The summed E-state index contributed by atoms with van der Waals surface area (Å²) in [7, 11) is 0. The van der Waals surface area contributed by atoms with Crippen LogP contribution in [0.2, 0.25) is 0 Å². The molecule has 3 aliphatic rings. The highest BCUT2D eigenvalue weighted by atomic mass is 32.2. The fraction of sp³-hybridized carbons (Fsp3) is 0.846. The van der Waals surface area contributed by atoms with E-state index in [4.69, 9.17) is 0 Å². The number of thioether (sulfide) groups is 1. The fourth-order valence-electron chi connectivity index (χ4n) is 3.47. The first kappa shape index (κ1) is 12.3. The van der Waals surface area contributed by atoms with Gasteiger partial charge < -0.3 is 9.80 Å². The molecule has 3 heterocycles. The lowest BCUT2D eigenvalue weighted by atomic mass is 10.00. The highest BCUT2D eigenvalue weighted by Gasteiger charge is 2.49. The van der Waals surface area contributed by atoms with Gasteiger partial charge in [-0.2, -0.15) is 11.8 Å². The second-order valence-electron chi connectivity index (χ2n) is 5.38. The Morgan fingerprint density at radius 3 is 2.78 bits per heavy atom. The van der Waals surface area contributed by atoms with Crippen molar-refractivity contribution in [3.05, 3.63) is 0 Å². The smallest absolute Gasteiger partial charge is 0.246 e. The number of piperazine rings is 1. The van der Waals surface area contributed by atoms with Gasteiger partial charge in [0.2, 0.25) is 11.8 Å². The average Bonchev–Trinajstić information content (AvgIpc) is 3.02. The molecule has 3 rings (SSSR count). The summed E-state index contributed by atoms with van der Waals surface area (Å²) in [5, 5.41) is 0. The van der Waals surface area contributed by atoms with E-state index in [1.165, 1.54) is 0 Å². The zero-order valence-corrected chi connectivity index (χ0v) is 11.6. The number of fused-ring (bicyclic) bond motifs is 1. The summed E-state index contributed by atoms with van der Waals surface area (Å²) in [5.74, 6) is 2.53. The first-order valence-electron chi connectivity index (χ1n) is 6.94. The second kappa shape index (κ2) is 4.76. The van der Waals surface area contributed by atoms with Gasteiger partial charge in [-0.3, -0.25) is 9.59 Å². The molecule has 0 aliphatic carbocycles. The van der Waals surface area contributed by atoms with E-state index in [0.29, 0.717) is 6.04 Å². The number of carbonyl (C=O) groups excluding carboxylic acids is 2. The highest BCUT2D eigenvalue weighted by Crippen LogP contribution is 2.33. The van der Waals surface area contributed by atoms with Crippen LogP contribution < -0.4 is 0 Å². The van der Waals surface area contributed by atoms with Gasteiger partial charge in [-0.1, -0.05) is 6.92 Å². The Bertz CT molecular complexity index is 368. The van der Waals surface area contributed by atoms with Gasteiger partial charge in [-0.05, 0) is 31.4 Å². The maximum absolute atomic E-state index is 12.6. The van der Waals surface area contributed by atoms with E-state index >= 15 is 0 Å². The van der Waals surface area contributed by atoms with Gasteiger partial charge in [0.15, 0.2) is 0 Å². The van der Waals surface area contributed by atoms with Crippen molar-refractivity contribution in [2.45, 2.75) is 50.7 Å². The quantitative estimate of drug-likeness (QED) is 0.753. The summed E-state index contributed by atoms with van der Waals surface area (Å²) in [4.78, 5) is 28.9. The maximum atomic E-state index is 12.6. The van der Waals surface area contributed by atoms with Crippen LogP contribution in [0, 0.1) is 0 Å². The van der Waals surface area contributed by atoms with E-state index < -0.39 is 0 Å². The molecule has 0 N–H and O–H groups in total. The maximum Gasteiger partial charge on any atom is 0.246 e. The Morgan fingerprint density at radius 1 is 1.28 bits per heavy atom. The van der Waals surface area contributed by atoms with Crippen LogP contribution in [0.1, 0.15) is 32.6 Å². The Morgan fingerprint density at radius 2 is 2.11 bits per heavy atom. The molecular weight excluding hydrogens is 248 g/mol. The van der Waals surface area contributed by atoms with Crippen molar-refractivity contribution in [3.8, 4) is 0 Å². The standard InChI is InChI=1S/C13H20N2O2S/c1-2-10-12(16)14-6-3-4-11(14)13(17)15(10)9-5-7-18-8-9/h9-11H,2-8H2,1H3. The van der Waals surface area contributed by atoms with Gasteiger partial charge in [0.1, 0.15) is 12.1 Å². The number of rotatable bonds is 2. The second-order valence-corrected chi connectivity index (χ2v) is 6.53. The van der Waals surface area contributed by atoms with Gasteiger partial charge >= 0.3 is 0 Å². The van der Waals surface area contributed by atoms with Crippen molar-refractivity contribution in [2.75, 3.05) is 18.1 Å². The summed E-state index contributed by atoms with van der Waals surface area (Å²) >= 11 is 1.90. The molecule has 3 unspecified atom stereocenters. The largest absolute Gasteiger partial charge is 0.329 e. The van der Waals surface area contributed by atoms with Crippen LogP contribution >= 0.6 is 11.8 Å². The lowest BCUT2D eigenvalue weighted by Gasteiger charge is -2.44. The van der Waals surface area contributed by atoms with Gasteiger partial charge in [-0.25, -0.2) is 0 Å². The molecule has 18 heavy (non-hydrogen) atoms. The van der Waals surface area contributed by atoms with Gasteiger partial charge in [-0.15, -0.1) is 0 Å². The van der Waals surface area contributed by atoms with Crippen molar-refractivity contribution in [2.24, 2.45) is 0 Å². The van der Waals surface area contributed by atoms with Crippen LogP contribution in [0.25, 0.3) is 0 Å². The van der Waals surface area contributed by atoms with Crippen LogP contribution in [-0.4, -0.2) is 57.8 Å². The molecule has 0 bridgehead atoms. The zero-order chi connectivity index (χ0) is 12.7. The van der Waals surface area contributed by atoms with Gasteiger partial charge in [0, 0.05) is 18.3 Å². The SMILES string of the molecule is CCC1C(=O)N2CCCC2C(=O)N1C1CCSC1. The normalized spacial score (nSPS) is 36.4. The Kier molecular flexibility index (Phi) is 3.26. The van der Waals surface area contributed by atoms with E-state index in [1.54, 1.807) is 0 Å². The fourth-order valence-corrected chi connectivity index (χ4v) is 4.68. The predicted octanol–water partition coefficient (Wildman–Crippen LogP) is 1.10. The molecule has 0 aromatic heterocycles. The molecular formula is C13H20N2O2S. The van der Waals surface area contributed by atoms with Crippen molar-refractivity contribution in [3.63, 3.8) is 0 Å². The zero-order valence-electron chi connectivity index (χ0n) is 10.8. The van der Waals surface area contributed by atoms with Gasteiger partial charge in [0.05, 0.1) is 0 Å². The molecule has 0 saturated carbocycles. The van der Waals surface area contributed by atoms with E-state index in [1.807, 2.05) is 28.5 Å². The minimum absolute atomic E-state index is 0.147. The van der Waals surface area contributed by atoms with Crippen molar-refractivity contribution >= 4 is 23.6 Å². The van der Waals surface area contributed by atoms with Crippen LogP contribution in [0.4, 0.5) is 0 Å². The Labute approximate surface area is 112 Å². The summed E-state index contributed by atoms with van der Waals surface area (Å²) < 4.78 is 0. The Hall–Kier alpha value is -0.710. The first-order chi connectivity index (χ1) is 8.74. The molecule has 3 saturated heterocycles. The summed E-state index contributed by atoms with van der Waals surface area (Å²) in [6.45, 7) is 2.79. The van der Waals surface area contributed by atoms with Crippen molar-refractivity contribution in [1.82, 2.24) is 9.80 Å². The van der Waals surface area contributed by atoms with Crippen molar-refractivity contribution in [1.29, 1.82) is 0 Å². The topological polar surface area (TPSA) is 40.6 Å². The molecule has 3 atom stereocenters. The van der Waals surface area contributed by atoms with E-state index in [9.17, 15) is 9.59 Å². The Balaban J connectivity index is 1.89. The van der Waals surface area contributed by atoms with Crippen molar-refractivity contribution < 1.29 is 9.59 Å².